The van der Waals surface area contributed by atoms with E-state index in [-0.39, 0.29) is 6.04 Å². The Morgan fingerprint density at radius 1 is 1.28 bits per heavy atom. The Bertz CT molecular complexity index is 431. The van der Waals surface area contributed by atoms with Gasteiger partial charge >= 0.3 is 6.18 Å². The van der Waals surface area contributed by atoms with Crippen LogP contribution in [0.1, 0.15) is 17.2 Å². The lowest BCUT2D eigenvalue weighted by atomic mass is 10.0. The number of piperazine rings is 1. The van der Waals surface area contributed by atoms with Crippen LogP contribution in [0.3, 0.4) is 0 Å². The summed E-state index contributed by atoms with van der Waals surface area (Å²) in [5.74, 6) is -0.848. The van der Waals surface area contributed by atoms with Crippen molar-refractivity contribution < 1.29 is 17.6 Å². The van der Waals surface area contributed by atoms with Gasteiger partial charge in [-0.2, -0.15) is 13.2 Å². The largest absolute Gasteiger partial charge is 0.416 e. The number of halogens is 4. The molecule has 1 atom stereocenters. The Morgan fingerprint density at radius 3 is 2.61 bits per heavy atom. The van der Waals surface area contributed by atoms with Crippen LogP contribution in [0.15, 0.2) is 18.2 Å². The van der Waals surface area contributed by atoms with Crippen LogP contribution >= 0.6 is 0 Å². The Morgan fingerprint density at radius 2 is 2.00 bits per heavy atom. The van der Waals surface area contributed by atoms with E-state index in [1.807, 2.05) is 11.9 Å². The molecule has 1 fully saturated rings. The summed E-state index contributed by atoms with van der Waals surface area (Å²) in [7, 11) is 1.82. The van der Waals surface area contributed by atoms with Crippen molar-refractivity contribution in [2.45, 2.75) is 12.2 Å². The number of alkyl halides is 3. The van der Waals surface area contributed by atoms with Gasteiger partial charge in [0.05, 0.1) is 5.56 Å². The SMILES string of the molecule is CN1CCNCC1c1cc(F)cc(C(F)(F)F)c1. The van der Waals surface area contributed by atoms with E-state index in [4.69, 9.17) is 0 Å². The second kappa shape index (κ2) is 4.85. The zero-order valence-electron chi connectivity index (χ0n) is 9.89. The molecule has 0 amide bonds. The smallest absolute Gasteiger partial charge is 0.314 e. The second-order valence-corrected chi connectivity index (χ2v) is 4.47. The molecule has 18 heavy (non-hydrogen) atoms. The Labute approximate surface area is 103 Å². The van der Waals surface area contributed by atoms with Crippen LogP contribution in [-0.4, -0.2) is 31.6 Å². The molecule has 1 aliphatic rings. The number of hydrogen-bond acceptors (Lipinski definition) is 2. The van der Waals surface area contributed by atoms with Gasteiger partial charge < -0.3 is 5.32 Å². The van der Waals surface area contributed by atoms with E-state index < -0.39 is 17.6 Å². The first-order valence-electron chi connectivity index (χ1n) is 5.66. The normalized spacial score (nSPS) is 22.2. The van der Waals surface area contributed by atoms with Crippen molar-refractivity contribution in [2.24, 2.45) is 0 Å². The monoisotopic (exact) mass is 262 g/mol. The summed E-state index contributed by atoms with van der Waals surface area (Å²) in [5.41, 5.74) is -0.575. The minimum absolute atomic E-state index is 0.226. The molecule has 1 N–H and O–H groups in total. The first-order chi connectivity index (χ1) is 8.38. The number of benzene rings is 1. The van der Waals surface area contributed by atoms with Crippen LogP contribution in [0.2, 0.25) is 0 Å². The fourth-order valence-corrected chi connectivity index (χ4v) is 2.15. The molecule has 0 spiro atoms. The van der Waals surface area contributed by atoms with Gasteiger partial charge in [0.25, 0.3) is 0 Å². The zero-order valence-corrected chi connectivity index (χ0v) is 9.89. The average Bonchev–Trinajstić information content (AvgIpc) is 2.27. The maximum atomic E-state index is 13.3. The first kappa shape index (κ1) is 13.3. The van der Waals surface area contributed by atoms with Crippen LogP contribution in [0, 0.1) is 5.82 Å². The number of rotatable bonds is 1. The summed E-state index contributed by atoms with van der Waals surface area (Å²) in [6, 6.07) is 2.50. The summed E-state index contributed by atoms with van der Waals surface area (Å²) < 4.78 is 51.2. The fourth-order valence-electron chi connectivity index (χ4n) is 2.15. The highest BCUT2D eigenvalue weighted by Gasteiger charge is 2.32. The lowest BCUT2D eigenvalue weighted by Crippen LogP contribution is -2.43. The van der Waals surface area contributed by atoms with Crippen LogP contribution in [-0.2, 0) is 6.18 Å². The van der Waals surface area contributed by atoms with Gasteiger partial charge in [-0.05, 0) is 30.8 Å². The minimum Gasteiger partial charge on any atom is -0.314 e. The molecule has 6 heteroatoms. The highest BCUT2D eigenvalue weighted by atomic mass is 19.4. The third-order valence-electron chi connectivity index (χ3n) is 3.14. The Balaban J connectivity index is 2.35. The van der Waals surface area contributed by atoms with Crippen molar-refractivity contribution in [3.8, 4) is 0 Å². The highest BCUT2D eigenvalue weighted by molar-refractivity contribution is 5.29. The molecule has 1 unspecified atom stereocenters. The van der Waals surface area contributed by atoms with Crippen LogP contribution in [0.4, 0.5) is 17.6 Å². The van der Waals surface area contributed by atoms with Gasteiger partial charge in [-0.1, -0.05) is 0 Å². The summed E-state index contributed by atoms with van der Waals surface area (Å²) in [4.78, 5) is 1.92. The molecule has 0 radical (unpaired) electrons. The van der Waals surface area contributed by atoms with Crippen molar-refractivity contribution in [3.63, 3.8) is 0 Å². The molecule has 100 valence electrons. The van der Waals surface area contributed by atoms with E-state index in [2.05, 4.69) is 5.32 Å². The van der Waals surface area contributed by atoms with Crippen molar-refractivity contribution >= 4 is 0 Å². The quantitative estimate of drug-likeness (QED) is 0.782. The van der Waals surface area contributed by atoms with Gasteiger partial charge in [0.2, 0.25) is 0 Å². The van der Waals surface area contributed by atoms with Crippen LogP contribution in [0.25, 0.3) is 0 Å². The van der Waals surface area contributed by atoms with Crippen molar-refractivity contribution in [1.82, 2.24) is 10.2 Å². The molecule has 1 aromatic carbocycles. The highest BCUT2D eigenvalue weighted by Crippen LogP contribution is 2.32. The van der Waals surface area contributed by atoms with Crippen molar-refractivity contribution in [1.29, 1.82) is 0 Å². The van der Waals surface area contributed by atoms with Crippen LogP contribution in [0.5, 0.6) is 0 Å². The lowest BCUT2D eigenvalue weighted by Gasteiger charge is -2.33. The third kappa shape index (κ3) is 2.81. The average molecular weight is 262 g/mol. The van der Waals surface area contributed by atoms with Gasteiger partial charge in [-0.15, -0.1) is 0 Å². The molecule has 1 saturated heterocycles. The van der Waals surface area contributed by atoms with Gasteiger partial charge in [0.1, 0.15) is 5.82 Å². The van der Waals surface area contributed by atoms with E-state index in [9.17, 15) is 17.6 Å². The molecule has 0 saturated carbocycles. The van der Waals surface area contributed by atoms with Gasteiger partial charge in [-0.3, -0.25) is 4.90 Å². The predicted octanol–water partition coefficient (Wildman–Crippen LogP) is 2.42. The van der Waals surface area contributed by atoms with Gasteiger partial charge in [-0.25, -0.2) is 4.39 Å². The number of hydrogen-bond donors (Lipinski definition) is 1. The topological polar surface area (TPSA) is 15.3 Å². The van der Waals surface area contributed by atoms with E-state index >= 15 is 0 Å². The summed E-state index contributed by atoms with van der Waals surface area (Å²) in [5, 5.41) is 3.10. The Hall–Kier alpha value is -1.14. The summed E-state index contributed by atoms with van der Waals surface area (Å²) in [6.45, 7) is 2.04. The maximum Gasteiger partial charge on any atom is 0.416 e. The van der Waals surface area contributed by atoms with E-state index in [0.29, 0.717) is 18.2 Å². The van der Waals surface area contributed by atoms with Crippen LogP contribution < -0.4 is 5.32 Å². The molecular weight excluding hydrogens is 248 g/mol. The zero-order chi connectivity index (χ0) is 13.3. The second-order valence-electron chi connectivity index (χ2n) is 4.47. The molecule has 0 aliphatic carbocycles. The van der Waals surface area contributed by atoms with E-state index in [0.717, 1.165) is 19.2 Å². The maximum absolute atomic E-state index is 13.3. The molecular formula is C12H14F4N2. The molecule has 1 heterocycles. The van der Waals surface area contributed by atoms with Crippen molar-refractivity contribution in [2.75, 3.05) is 26.7 Å². The lowest BCUT2D eigenvalue weighted by molar-refractivity contribution is -0.137. The Kier molecular flexibility index (Phi) is 3.59. The first-order valence-corrected chi connectivity index (χ1v) is 5.66. The number of likely N-dealkylation sites (N-methyl/N-ethyl adjacent to an activating group) is 1. The molecule has 2 rings (SSSR count). The third-order valence-corrected chi connectivity index (χ3v) is 3.14. The predicted molar refractivity (Wildman–Crippen MR) is 59.6 cm³/mol. The fraction of sp³-hybridized carbons (Fsp3) is 0.500. The van der Waals surface area contributed by atoms with Gasteiger partial charge in [0.15, 0.2) is 0 Å². The number of nitrogens with one attached hydrogen (secondary N) is 1. The van der Waals surface area contributed by atoms with Crippen molar-refractivity contribution in [3.05, 3.63) is 35.1 Å². The summed E-state index contributed by atoms with van der Waals surface area (Å²) in [6.07, 6.45) is -4.52. The molecule has 0 bridgehead atoms. The van der Waals surface area contributed by atoms with E-state index in [1.54, 1.807) is 0 Å². The van der Waals surface area contributed by atoms with Gasteiger partial charge in [0, 0.05) is 25.7 Å². The molecule has 1 aromatic rings. The standard InChI is InChI=1S/C12H14F4N2/c1-18-3-2-17-7-11(18)8-4-9(12(14,15)16)6-10(13)5-8/h4-6,11,17H,2-3,7H2,1H3. The molecule has 0 aromatic heterocycles. The molecule has 1 aliphatic heterocycles. The number of nitrogens with zero attached hydrogens (tertiary/aromatic N) is 1. The minimum atomic E-state index is -4.52. The summed E-state index contributed by atoms with van der Waals surface area (Å²) >= 11 is 0. The molecule has 2 nitrogen and oxygen atoms in total. The van der Waals surface area contributed by atoms with E-state index in [1.165, 1.54) is 6.07 Å².